The molecule has 2 aromatic heterocycles. The van der Waals surface area contributed by atoms with Gasteiger partial charge < -0.3 is 15.4 Å². The standard InChI is InChI=1S/C14H13FIN5O/c15-9-4-1-3-8(7-9)12-18-10-11(17)19-14(16)20-13(10)21(12)5-2-6-22/h1,3-4,7,22H,2,5-6H2,(H2,17,19,20). The van der Waals surface area contributed by atoms with Gasteiger partial charge in [0.15, 0.2) is 20.8 Å². The van der Waals surface area contributed by atoms with Crippen LogP contribution < -0.4 is 5.73 Å². The maximum atomic E-state index is 13.5. The van der Waals surface area contributed by atoms with Crippen LogP contribution in [0.3, 0.4) is 0 Å². The fraction of sp³-hybridized carbons (Fsp3) is 0.214. The summed E-state index contributed by atoms with van der Waals surface area (Å²) in [5, 5.41) is 9.10. The largest absolute Gasteiger partial charge is 0.396 e. The van der Waals surface area contributed by atoms with Gasteiger partial charge in [-0.3, -0.25) is 0 Å². The monoisotopic (exact) mass is 413 g/mol. The van der Waals surface area contributed by atoms with Gasteiger partial charge in [0.25, 0.3) is 0 Å². The fourth-order valence-electron chi connectivity index (χ4n) is 2.28. The third-order valence-corrected chi connectivity index (χ3v) is 3.70. The van der Waals surface area contributed by atoms with E-state index in [0.717, 1.165) is 0 Å². The summed E-state index contributed by atoms with van der Waals surface area (Å²) >= 11 is 1.98. The molecule has 0 bridgehead atoms. The Morgan fingerprint density at radius 3 is 2.82 bits per heavy atom. The third-order valence-electron chi connectivity index (χ3n) is 3.22. The normalized spacial score (nSPS) is 11.2. The summed E-state index contributed by atoms with van der Waals surface area (Å²) in [4.78, 5) is 13.0. The molecule has 114 valence electrons. The molecule has 0 fully saturated rings. The molecule has 3 rings (SSSR count). The van der Waals surface area contributed by atoms with Crippen molar-refractivity contribution < 1.29 is 9.50 Å². The minimum Gasteiger partial charge on any atom is -0.396 e. The number of nitrogens with two attached hydrogens (primary N) is 1. The van der Waals surface area contributed by atoms with Crippen LogP contribution in [0.15, 0.2) is 24.3 Å². The molecule has 0 amide bonds. The number of hydrogen-bond acceptors (Lipinski definition) is 5. The Balaban J connectivity index is 2.26. The summed E-state index contributed by atoms with van der Waals surface area (Å²) in [6, 6.07) is 6.18. The second-order valence-electron chi connectivity index (χ2n) is 4.72. The van der Waals surface area contributed by atoms with Crippen molar-refractivity contribution in [3.63, 3.8) is 0 Å². The average molecular weight is 413 g/mol. The average Bonchev–Trinajstić information content (AvgIpc) is 2.84. The molecule has 0 saturated carbocycles. The van der Waals surface area contributed by atoms with Crippen molar-refractivity contribution >= 4 is 39.6 Å². The van der Waals surface area contributed by atoms with Crippen molar-refractivity contribution in [1.29, 1.82) is 0 Å². The number of halogens is 2. The molecule has 3 aromatic rings. The molecule has 0 aliphatic heterocycles. The van der Waals surface area contributed by atoms with E-state index in [1.165, 1.54) is 12.1 Å². The van der Waals surface area contributed by atoms with Gasteiger partial charge in [-0.1, -0.05) is 12.1 Å². The second-order valence-corrected chi connectivity index (χ2v) is 5.69. The zero-order valence-electron chi connectivity index (χ0n) is 11.5. The number of aliphatic hydroxyl groups is 1. The summed E-state index contributed by atoms with van der Waals surface area (Å²) in [6.45, 7) is 0.547. The number of aliphatic hydroxyl groups excluding tert-OH is 1. The Morgan fingerprint density at radius 2 is 2.09 bits per heavy atom. The summed E-state index contributed by atoms with van der Waals surface area (Å²) in [5.41, 5.74) is 7.62. The number of anilines is 1. The lowest BCUT2D eigenvalue weighted by Gasteiger charge is -2.08. The summed E-state index contributed by atoms with van der Waals surface area (Å²) < 4.78 is 15.9. The molecular formula is C14H13FIN5O. The Hall–Kier alpha value is -1.81. The molecular weight excluding hydrogens is 400 g/mol. The van der Waals surface area contributed by atoms with Gasteiger partial charge in [0, 0.05) is 41.3 Å². The van der Waals surface area contributed by atoms with E-state index in [2.05, 4.69) is 15.0 Å². The zero-order chi connectivity index (χ0) is 15.7. The smallest absolute Gasteiger partial charge is 0.194 e. The molecule has 0 aliphatic carbocycles. The fourth-order valence-corrected chi connectivity index (χ4v) is 2.77. The highest BCUT2D eigenvalue weighted by molar-refractivity contribution is 14.1. The van der Waals surface area contributed by atoms with Crippen LogP contribution in [0.4, 0.5) is 10.2 Å². The van der Waals surface area contributed by atoms with Crippen molar-refractivity contribution in [1.82, 2.24) is 19.5 Å². The van der Waals surface area contributed by atoms with Gasteiger partial charge in [0.05, 0.1) is 0 Å². The number of fused-ring (bicyclic) bond motifs is 1. The Bertz CT molecular complexity index is 835. The van der Waals surface area contributed by atoms with Gasteiger partial charge in [0.1, 0.15) is 11.6 Å². The van der Waals surface area contributed by atoms with Gasteiger partial charge in [-0.25, -0.2) is 19.3 Å². The van der Waals surface area contributed by atoms with Crippen LogP contribution in [0.5, 0.6) is 0 Å². The van der Waals surface area contributed by atoms with Crippen LogP contribution >= 0.6 is 22.6 Å². The number of nitrogen functional groups attached to an aromatic ring is 1. The van der Waals surface area contributed by atoms with Crippen LogP contribution in [-0.4, -0.2) is 31.2 Å². The van der Waals surface area contributed by atoms with E-state index in [0.29, 0.717) is 39.3 Å². The molecule has 0 aliphatic rings. The van der Waals surface area contributed by atoms with Crippen molar-refractivity contribution in [2.45, 2.75) is 13.0 Å². The van der Waals surface area contributed by atoms with Crippen molar-refractivity contribution in [2.75, 3.05) is 12.3 Å². The lowest BCUT2D eigenvalue weighted by Crippen LogP contribution is -2.05. The molecule has 0 spiro atoms. The second kappa shape index (κ2) is 6.13. The van der Waals surface area contributed by atoms with Crippen molar-refractivity contribution in [2.24, 2.45) is 0 Å². The molecule has 0 atom stereocenters. The molecule has 2 heterocycles. The van der Waals surface area contributed by atoms with Gasteiger partial charge in [-0.2, -0.15) is 0 Å². The number of aromatic nitrogens is 4. The molecule has 22 heavy (non-hydrogen) atoms. The maximum Gasteiger partial charge on any atom is 0.194 e. The lowest BCUT2D eigenvalue weighted by molar-refractivity contribution is 0.280. The highest BCUT2D eigenvalue weighted by atomic mass is 127. The number of benzene rings is 1. The van der Waals surface area contributed by atoms with Crippen molar-refractivity contribution in [3.05, 3.63) is 33.9 Å². The van der Waals surface area contributed by atoms with Crippen LogP contribution in [0.25, 0.3) is 22.6 Å². The highest BCUT2D eigenvalue weighted by Gasteiger charge is 2.17. The first-order valence-corrected chi connectivity index (χ1v) is 7.74. The third kappa shape index (κ3) is 2.75. The number of nitrogens with zero attached hydrogens (tertiary/aromatic N) is 4. The van der Waals surface area contributed by atoms with Gasteiger partial charge in [-0.05, 0) is 18.6 Å². The van der Waals surface area contributed by atoms with E-state index in [-0.39, 0.29) is 18.2 Å². The Labute approximate surface area is 139 Å². The van der Waals surface area contributed by atoms with E-state index in [4.69, 9.17) is 10.8 Å². The van der Waals surface area contributed by atoms with Crippen LogP contribution in [0.1, 0.15) is 6.42 Å². The maximum absolute atomic E-state index is 13.5. The number of rotatable bonds is 4. The van der Waals surface area contributed by atoms with E-state index in [1.54, 1.807) is 12.1 Å². The molecule has 0 radical (unpaired) electrons. The van der Waals surface area contributed by atoms with Crippen molar-refractivity contribution in [3.8, 4) is 11.4 Å². The Morgan fingerprint density at radius 1 is 1.27 bits per heavy atom. The topological polar surface area (TPSA) is 89.9 Å². The number of hydrogen-bond donors (Lipinski definition) is 2. The summed E-state index contributed by atoms with van der Waals surface area (Å²) in [7, 11) is 0. The van der Waals surface area contributed by atoms with Gasteiger partial charge >= 0.3 is 0 Å². The zero-order valence-corrected chi connectivity index (χ0v) is 13.7. The van der Waals surface area contributed by atoms with Crippen LogP contribution in [0.2, 0.25) is 0 Å². The molecule has 0 unspecified atom stereocenters. The van der Waals surface area contributed by atoms with E-state index < -0.39 is 0 Å². The molecule has 6 nitrogen and oxygen atoms in total. The number of aryl methyl sites for hydroxylation is 1. The first-order valence-electron chi connectivity index (χ1n) is 6.66. The minimum absolute atomic E-state index is 0.0416. The molecule has 1 aromatic carbocycles. The SMILES string of the molecule is Nc1nc(I)nc2c1nc(-c1cccc(F)c1)n2CCCO. The van der Waals surface area contributed by atoms with E-state index >= 15 is 0 Å². The van der Waals surface area contributed by atoms with E-state index in [9.17, 15) is 4.39 Å². The summed E-state index contributed by atoms with van der Waals surface area (Å²) in [6.07, 6.45) is 0.536. The van der Waals surface area contributed by atoms with E-state index in [1.807, 2.05) is 27.2 Å². The quantitative estimate of drug-likeness (QED) is 0.506. The highest BCUT2D eigenvalue weighted by Crippen LogP contribution is 2.27. The molecule has 0 saturated heterocycles. The lowest BCUT2D eigenvalue weighted by atomic mass is 10.2. The first kappa shape index (κ1) is 15.1. The van der Waals surface area contributed by atoms with Crippen LogP contribution in [-0.2, 0) is 6.54 Å². The van der Waals surface area contributed by atoms with Crippen LogP contribution in [0, 0.1) is 9.65 Å². The van der Waals surface area contributed by atoms with Gasteiger partial charge in [-0.15, -0.1) is 0 Å². The molecule has 8 heteroatoms. The van der Waals surface area contributed by atoms with Gasteiger partial charge in [0.2, 0.25) is 0 Å². The molecule has 3 N–H and O–H groups in total. The predicted molar refractivity (Wildman–Crippen MR) is 89.5 cm³/mol. The predicted octanol–water partition coefficient (Wildman–Crippen LogP) is 2.20. The summed E-state index contributed by atoms with van der Waals surface area (Å²) in [5.74, 6) is 0.507. The minimum atomic E-state index is -0.341. The first-order chi connectivity index (χ1) is 10.6. The Kier molecular flexibility index (Phi) is 4.21. The number of imidazole rings is 1.